The Hall–Kier alpha value is -2.24. The molecule has 178 valence electrons. The lowest BCUT2D eigenvalue weighted by atomic mass is 9.85. The van der Waals surface area contributed by atoms with Crippen molar-refractivity contribution in [2.24, 2.45) is 11.7 Å². The maximum Gasteiger partial charge on any atom is 0.265 e. The summed E-state index contributed by atoms with van der Waals surface area (Å²) in [6, 6.07) is 2.82. The van der Waals surface area contributed by atoms with Crippen molar-refractivity contribution < 1.29 is 31.9 Å². The van der Waals surface area contributed by atoms with E-state index in [-0.39, 0.29) is 43.6 Å². The van der Waals surface area contributed by atoms with Gasteiger partial charge in [0.1, 0.15) is 12.6 Å². The quantitative estimate of drug-likeness (QED) is 0.524. The molecule has 7 nitrogen and oxygen atoms in total. The Morgan fingerprint density at radius 1 is 1.28 bits per heavy atom. The summed E-state index contributed by atoms with van der Waals surface area (Å²) in [5.41, 5.74) is 5.44. The van der Waals surface area contributed by atoms with Gasteiger partial charge in [0.2, 0.25) is 5.91 Å². The molecule has 2 aliphatic rings. The smallest absolute Gasteiger partial charge is 0.265 e. The van der Waals surface area contributed by atoms with E-state index >= 15 is 0 Å². The largest absolute Gasteiger partial charge is 0.370 e. The van der Waals surface area contributed by atoms with Gasteiger partial charge in [0.25, 0.3) is 18.8 Å². The number of carbonyl (C=O) groups is 2. The van der Waals surface area contributed by atoms with Crippen LogP contribution in [-0.4, -0.2) is 68.6 Å². The zero-order chi connectivity index (χ0) is 23.3. The second-order valence-corrected chi connectivity index (χ2v) is 8.05. The van der Waals surface area contributed by atoms with Gasteiger partial charge in [0.15, 0.2) is 0 Å². The highest BCUT2D eigenvalue weighted by atomic mass is 19.3. The molecule has 0 radical (unpaired) electrons. The van der Waals surface area contributed by atoms with Crippen molar-refractivity contribution in [2.75, 3.05) is 49.6 Å². The van der Waals surface area contributed by atoms with E-state index in [1.54, 1.807) is 0 Å². The highest BCUT2D eigenvalue weighted by molar-refractivity contribution is 5.97. The average Bonchev–Trinajstić information content (AvgIpc) is 2.71. The van der Waals surface area contributed by atoms with Gasteiger partial charge in [-0.3, -0.25) is 14.5 Å². The number of morpholine rings is 1. The van der Waals surface area contributed by atoms with Gasteiger partial charge >= 0.3 is 0 Å². The second-order valence-electron chi connectivity index (χ2n) is 8.05. The minimum Gasteiger partial charge on any atom is -0.370 e. The van der Waals surface area contributed by atoms with E-state index < -0.39 is 42.8 Å². The molecule has 1 aliphatic heterocycles. The molecule has 1 aliphatic carbocycles. The number of hydrogen-bond donors (Lipinski definition) is 2. The Labute approximate surface area is 183 Å². The fraction of sp³-hybridized carbons (Fsp3) is 0.619. The van der Waals surface area contributed by atoms with E-state index in [1.165, 1.54) is 21.9 Å². The number of hydrogen-bond acceptors (Lipinski definition) is 5. The zero-order valence-electron chi connectivity index (χ0n) is 17.6. The fourth-order valence-corrected chi connectivity index (χ4v) is 3.99. The van der Waals surface area contributed by atoms with Crippen LogP contribution in [0.1, 0.15) is 31.3 Å². The topological polar surface area (TPSA) is 87.9 Å². The van der Waals surface area contributed by atoms with Crippen LogP contribution in [0.25, 0.3) is 0 Å². The molecule has 0 aromatic heterocycles. The standard InChI is InChI=1S/C21H28F4N4O3/c22-18(23)11-28(10-13-2-1-3-13)17(9-26)21(31)27-14-4-5-16(15(8-14)20(24)25)29-6-7-32-12-19(29)30/h4-5,8,13,17-18,20H,1-3,6-7,9-12,26H2,(H,27,31)/t17-/m1/s1. The SMILES string of the molecule is NC[C@H](C(=O)Nc1ccc(N2CCOCC2=O)c(C(F)F)c1)N(CC(F)F)CC1CCC1. The van der Waals surface area contributed by atoms with Gasteiger partial charge in [0.05, 0.1) is 18.8 Å². The van der Waals surface area contributed by atoms with Crippen molar-refractivity contribution in [1.82, 2.24) is 4.90 Å². The monoisotopic (exact) mass is 460 g/mol. The fourth-order valence-electron chi connectivity index (χ4n) is 3.99. The van der Waals surface area contributed by atoms with Gasteiger partial charge < -0.3 is 20.7 Å². The number of amides is 2. The summed E-state index contributed by atoms with van der Waals surface area (Å²) < 4.78 is 58.7. The number of ether oxygens (including phenoxy) is 1. The molecule has 11 heteroatoms. The van der Waals surface area contributed by atoms with Gasteiger partial charge in [-0.1, -0.05) is 6.42 Å². The molecule has 3 N–H and O–H groups in total. The Balaban J connectivity index is 1.77. The van der Waals surface area contributed by atoms with E-state index in [2.05, 4.69) is 5.32 Å². The number of nitrogens with one attached hydrogen (secondary N) is 1. The van der Waals surface area contributed by atoms with Crippen LogP contribution in [0.3, 0.4) is 0 Å². The van der Waals surface area contributed by atoms with Gasteiger partial charge in [-0.15, -0.1) is 0 Å². The number of halogens is 4. The van der Waals surface area contributed by atoms with Crippen LogP contribution in [0, 0.1) is 5.92 Å². The number of nitrogens with zero attached hydrogens (tertiary/aromatic N) is 2. The number of nitrogens with two attached hydrogens (primary N) is 1. The van der Waals surface area contributed by atoms with E-state index in [9.17, 15) is 27.2 Å². The Kier molecular flexibility index (Phi) is 8.44. The summed E-state index contributed by atoms with van der Waals surface area (Å²) in [7, 11) is 0. The molecular weight excluding hydrogens is 432 g/mol. The van der Waals surface area contributed by atoms with Crippen LogP contribution in [0.5, 0.6) is 0 Å². The number of benzene rings is 1. The molecule has 1 heterocycles. The lowest BCUT2D eigenvalue weighted by Gasteiger charge is -2.36. The van der Waals surface area contributed by atoms with E-state index in [0.717, 1.165) is 25.3 Å². The summed E-state index contributed by atoms with van der Waals surface area (Å²) in [6.45, 7) is -0.269. The number of carbonyl (C=O) groups excluding carboxylic acids is 2. The summed E-state index contributed by atoms with van der Waals surface area (Å²) in [6.07, 6.45) is -2.67. The van der Waals surface area contributed by atoms with Crippen LogP contribution >= 0.6 is 0 Å². The summed E-state index contributed by atoms with van der Waals surface area (Å²) in [5, 5.41) is 2.53. The third kappa shape index (κ3) is 5.96. The van der Waals surface area contributed by atoms with Crippen LogP contribution in [0.2, 0.25) is 0 Å². The van der Waals surface area contributed by atoms with Gasteiger partial charge in [-0.25, -0.2) is 17.6 Å². The predicted octanol–water partition coefficient (Wildman–Crippen LogP) is 2.62. The van der Waals surface area contributed by atoms with E-state index in [1.807, 2.05) is 0 Å². The highest BCUT2D eigenvalue weighted by Gasteiger charge is 2.31. The number of alkyl halides is 4. The molecule has 0 unspecified atom stereocenters. The number of anilines is 2. The molecule has 1 saturated heterocycles. The second kappa shape index (κ2) is 11.1. The van der Waals surface area contributed by atoms with Gasteiger partial charge in [-0.2, -0.15) is 0 Å². The summed E-state index contributed by atoms with van der Waals surface area (Å²) >= 11 is 0. The molecule has 1 aromatic carbocycles. The molecule has 1 saturated carbocycles. The van der Waals surface area contributed by atoms with Crippen LogP contribution in [-0.2, 0) is 14.3 Å². The first-order valence-electron chi connectivity index (χ1n) is 10.6. The molecule has 1 atom stereocenters. The third-order valence-electron chi connectivity index (χ3n) is 5.86. The average molecular weight is 460 g/mol. The minimum absolute atomic E-state index is 0.0472. The highest BCUT2D eigenvalue weighted by Crippen LogP contribution is 2.33. The third-order valence-corrected chi connectivity index (χ3v) is 5.86. The summed E-state index contributed by atoms with van der Waals surface area (Å²) in [4.78, 5) is 27.5. The molecule has 2 amide bonds. The zero-order valence-corrected chi connectivity index (χ0v) is 17.6. The first kappa shape index (κ1) is 24.4. The van der Waals surface area contributed by atoms with Crippen molar-refractivity contribution in [2.45, 2.75) is 38.2 Å². The van der Waals surface area contributed by atoms with Gasteiger partial charge in [-0.05, 0) is 37.0 Å². The maximum absolute atomic E-state index is 13.7. The van der Waals surface area contributed by atoms with Crippen molar-refractivity contribution in [1.29, 1.82) is 0 Å². The maximum atomic E-state index is 13.7. The lowest BCUT2D eigenvalue weighted by Crippen LogP contribution is -2.52. The van der Waals surface area contributed by atoms with Crippen LogP contribution < -0.4 is 16.0 Å². The van der Waals surface area contributed by atoms with Crippen molar-refractivity contribution in [3.05, 3.63) is 23.8 Å². The van der Waals surface area contributed by atoms with E-state index in [4.69, 9.17) is 10.5 Å². The first-order valence-corrected chi connectivity index (χ1v) is 10.6. The van der Waals surface area contributed by atoms with Crippen LogP contribution in [0.4, 0.5) is 28.9 Å². The molecule has 0 bridgehead atoms. The Morgan fingerprint density at radius 3 is 2.59 bits per heavy atom. The molecule has 1 aromatic rings. The molecule has 32 heavy (non-hydrogen) atoms. The van der Waals surface area contributed by atoms with Crippen LogP contribution in [0.15, 0.2) is 18.2 Å². The van der Waals surface area contributed by atoms with Crippen molar-refractivity contribution in [3.8, 4) is 0 Å². The van der Waals surface area contributed by atoms with Crippen molar-refractivity contribution in [3.63, 3.8) is 0 Å². The predicted molar refractivity (Wildman–Crippen MR) is 111 cm³/mol. The Bertz CT molecular complexity index is 807. The molecule has 2 fully saturated rings. The minimum atomic E-state index is -2.89. The normalized spacial score (nSPS) is 18.4. The first-order chi connectivity index (χ1) is 15.3. The lowest BCUT2D eigenvalue weighted by molar-refractivity contribution is -0.125. The van der Waals surface area contributed by atoms with E-state index in [0.29, 0.717) is 6.54 Å². The van der Waals surface area contributed by atoms with Gasteiger partial charge in [0, 0.05) is 30.9 Å². The molecule has 0 spiro atoms. The molecule has 3 rings (SSSR count). The van der Waals surface area contributed by atoms with Crippen molar-refractivity contribution >= 4 is 23.2 Å². The molecular formula is C21H28F4N4O3. The summed E-state index contributed by atoms with van der Waals surface area (Å²) in [5.74, 6) is -0.828. The number of rotatable bonds is 10. The Morgan fingerprint density at radius 2 is 2.03 bits per heavy atom.